The third kappa shape index (κ3) is 3.38. The summed E-state index contributed by atoms with van der Waals surface area (Å²) in [5, 5.41) is 11.5. The number of benzene rings is 2. The number of esters is 1. The van der Waals surface area contributed by atoms with Gasteiger partial charge in [0, 0.05) is 12.1 Å². The number of carbonyl (C=O) groups is 1. The summed E-state index contributed by atoms with van der Waals surface area (Å²) in [5.41, 5.74) is -0.731. The number of carbonyl (C=O) groups excluding carboxylic acids is 1. The Balaban J connectivity index is 0.00000210. The summed E-state index contributed by atoms with van der Waals surface area (Å²) in [4.78, 5) is 15.6. The molecule has 2 aliphatic heterocycles. The molecule has 3 N–H and O–H groups in total. The van der Waals surface area contributed by atoms with Crippen LogP contribution >= 0.6 is 0 Å². The lowest BCUT2D eigenvalue weighted by atomic mass is 9.86. The third-order valence-electron chi connectivity index (χ3n) is 6.05. The Bertz CT molecular complexity index is 725. The minimum Gasteiger partial charge on any atom is -0.458 e. The standard InChI is InChI=1S/C22H25NO3.H2O/c1-23-18-12-14-19(23)20(15-13-18)26-21(24)22(25,16-8-4-2-5-9-16)17-10-6-3-7-11-17;/h2-11,18-20,25H,12-15H2,1H3;1H2/t18-,19+,20-;/m1./s1. The van der Waals surface area contributed by atoms with Crippen molar-refractivity contribution in [1.29, 1.82) is 0 Å². The molecule has 0 saturated carbocycles. The van der Waals surface area contributed by atoms with Gasteiger partial charge in [-0.15, -0.1) is 0 Å². The van der Waals surface area contributed by atoms with Gasteiger partial charge < -0.3 is 15.3 Å². The number of hydrogen-bond donors (Lipinski definition) is 1. The number of fused-ring (bicyclic) bond motifs is 2. The maximum atomic E-state index is 13.2. The Morgan fingerprint density at radius 2 is 1.48 bits per heavy atom. The number of hydrogen-bond acceptors (Lipinski definition) is 4. The van der Waals surface area contributed by atoms with Gasteiger partial charge in [-0.05, 0) is 43.9 Å². The van der Waals surface area contributed by atoms with E-state index in [0.717, 1.165) is 25.7 Å². The molecule has 2 aliphatic rings. The summed E-state index contributed by atoms with van der Waals surface area (Å²) >= 11 is 0. The number of rotatable bonds is 4. The molecule has 27 heavy (non-hydrogen) atoms. The van der Waals surface area contributed by atoms with Gasteiger partial charge in [0.15, 0.2) is 0 Å². The van der Waals surface area contributed by atoms with Crippen molar-refractivity contribution in [3.8, 4) is 0 Å². The SMILES string of the molecule is CN1[C@H]2CC[C@@H](OC(=O)C(O)(c3ccccc3)c3ccccc3)[C@@H]1CC2.O. The van der Waals surface area contributed by atoms with E-state index in [1.54, 1.807) is 24.3 Å². The highest BCUT2D eigenvalue weighted by molar-refractivity contribution is 5.85. The normalized spacial score (nSPS) is 24.9. The van der Waals surface area contributed by atoms with E-state index in [1.807, 2.05) is 36.4 Å². The summed E-state index contributed by atoms with van der Waals surface area (Å²) < 4.78 is 5.94. The Morgan fingerprint density at radius 3 is 2.04 bits per heavy atom. The second kappa shape index (κ2) is 7.80. The van der Waals surface area contributed by atoms with Crippen LogP contribution < -0.4 is 0 Å². The maximum Gasteiger partial charge on any atom is 0.348 e. The number of aliphatic hydroxyl groups is 1. The van der Waals surface area contributed by atoms with Crippen molar-refractivity contribution in [3.63, 3.8) is 0 Å². The van der Waals surface area contributed by atoms with Gasteiger partial charge in [-0.1, -0.05) is 60.7 Å². The summed E-state index contributed by atoms with van der Waals surface area (Å²) in [7, 11) is 2.11. The van der Waals surface area contributed by atoms with Crippen LogP contribution in [0.2, 0.25) is 0 Å². The smallest absolute Gasteiger partial charge is 0.348 e. The molecule has 2 bridgehead atoms. The van der Waals surface area contributed by atoms with E-state index in [-0.39, 0.29) is 17.6 Å². The molecule has 2 saturated heterocycles. The summed E-state index contributed by atoms with van der Waals surface area (Å²) in [6.45, 7) is 0. The minimum atomic E-state index is -1.80. The van der Waals surface area contributed by atoms with Crippen molar-refractivity contribution < 1.29 is 20.1 Å². The minimum absolute atomic E-state index is 0. The quantitative estimate of drug-likeness (QED) is 0.838. The Hall–Kier alpha value is -2.21. The molecule has 144 valence electrons. The molecule has 0 radical (unpaired) electrons. The molecular formula is C22H27NO4. The van der Waals surface area contributed by atoms with Crippen LogP contribution in [-0.2, 0) is 15.1 Å². The van der Waals surface area contributed by atoms with Crippen LogP contribution in [-0.4, -0.2) is 46.7 Å². The maximum absolute atomic E-state index is 13.2. The summed E-state index contributed by atoms with van der Waals surface area (Å²) in [6, 6.07) is 19.0. The molecule has 4 rings (SSSR count). The molecule has 2 aromatic carbocycles. The molecule has 5 heteroatoms. The molecule has 0 aromatic heterocycles. The van der Waals surface area contributed by atoms with E-state index < -0.39 is 11.6 Å². The molecule has 0 aliphatic carbocycles. The average Bonchev–Trinajstić information content (AvgIpc) is 2.92. The second-order valence-electron chi connectivity index (χ2n) is 7.43. The zero-order valence-corrected chi connectivity index (χ0v) is 15.5. The molecule has 2 aromatic rings. The number of likely N-dealkylation sites (N-methyl/N-ethyl adjacent to an activating group) is 1. The van der Waals surface area contributed by atoms with Gasteiger partial charge in [0.2, 0.25) is 5.60 Å². The number of nitrogens with zero attached hydrogens (tertiary/aromatic N) is 1. The molecule has 2 heterocycles. The van der Waals surface area contributed by atoms with Crippen molar-refractivity contribution in [1.82, 2.24) is 4.90 Å². The van der Waals surface area contributed by atoms with Gasteiger partial charge in [0.05, 0.1) is 0 Å². The summed E-state index contributed by atoms with van der Waals surface area (Å²) in [5.74, 6) is -0.585. The lowest BCUT2D eigenvalue weighted by Gasteiger charge is -2.38. The number of ether oxygens (including phenoxy) is 1. The first-order chi connectivity index (χ1) is 12.6. The monoisotopic (exact) mass is 369 g/mol. The zero-order valence-electron chi connectivity index (χ0n) is 15.5. The van der Waals surface area contributed by atoms with Crippen LogP contribution in [0.5, 0.6) is 0 Å². The van der Waals surface area contributed by atoms with Gasteiger partial charge in [-0.2, -0.15) is 0 Å². The number of piperidine rings is 1. The molecule has 0 amide bonds. The highest BCUT2D eigenvalue weighted by atomic mass is 16.6. The van der Waals surface area contributed by atoms with Gasteiger partial charge in [0.25, 0.3) is 0 Å². The van der Waals surface area contributed by atoms with Crippen LogP contribution in [0.4, 0.5) is 0 Å². The molecule has 0 unspecified atom stereocenters. The highest BCUT2D eigenvalue weighted by Gasteiger charge is 2.47. The Kier molecular flexibility index (Phi) is 5.65. The zero-order chi connectivity index (χ0) is 18.1. The van der Waals surface area contributed by atoms with Crippen molar-refractivity contribution in [2.24, 2.45) is 0 Å². The lowest BCUT2D eigenvalue weighted by Crippen LogP contribution is -2.49. The van der Waals surface area contributed by atoms with Crippen LogP contribution in [0, 0.1) is 0 Å². The third-order valence-corrected chi connectivity index (χ3v) is 6.05. The van der Waals surface area contributed by atoms with Crippen LogP contribution in [0.1, 0.15) is 36.8 Å². The average molecular weight is 369 g/mol. The predicted molar refractivity (Wildman–Crippen MR) is 103 cm³/mol. The van der Waals surface area contributed by atoms with E-state index in [1.165, 1.54) is 0 Å². The van der Waals surface area contributed by atoms with Crippen molar-refractivity contribution in [2.45, 2.75) is 49.5 Å². The van der Waals surface area contributed by atoms with Gasteiger partial charge in [-0.3, -0.25) is 4.90 Å². The van der Waals surface area contributed by atoms with E-state index in [4.69, 9.17) is 4.74 Å². The van der Waals surface area contributed by atoms with E-state index in [0.29, 0.717) is 17.2 Å². The first-order valence-electron chi connectivity index (χ1n) is 9.37. The largest absolute Gasteiger partial charge is 0.458 e. The Labute approximate surface area is 159 Å². The van der Waals surface area contributed by atoms with Gasteiger partial charge >= 0.3 is 5.97 Å². The second-order valence-corrected chi connectivity index (χ2v) is 7.43. The van der Waals surface area contributed by atoms with E-state index in [2.05, 4.69) is 11.9 Å². The molecule has 2 fully saturated rings. The van der Waals surface area contributed by atoms with Gasteiger partial charge in [0.1, 0.15) is 6.10 Å². The Morgan fingerprint density at radius 1 is 0.963 bits per heavy atom. The van der Waals surface area contributed by atoms with Crippen molar-refractivity contribution in [2.75, 3.05) is 7.05 Å². The predicted octanol–water partition coefficient (Wildman–Crippen LogP) is 2.27. The topological polar surface area (TPSA) is 81.3 Å². The lowest BCUT2D eigenvalue weighted by molar-refractivity contribution is -0.173. The molecule has 3 atom stereocenters. The molecular weight excluding hydrogens is 342 g/mol. The fourth-order valence-electron chi connectivity index (χ4n) is 4.51. The molecule has 0 spiro atoms. The summed E-state index contributed by atoms with van der Waals surface area (Å²) in [6.07, 6.45) is 3.96. The van der Waals surface area contributed by atoms with Crippen molar-refractivity contribution >= 4 is 5.97 Å². The highest BCUT2D eigenvalue weighted by Crippen LogP contribution is 2.38. The van der Waals surface area contributed by atoms with Gasteiger partial charge in [-0.25, -0.2) is 4.79 Å². The van der Waals surface area contributed by atoms with E-state index >= 15 is 0 Å². The van der Waals surface area contributed by atoms with Crippen LogP contribution in [0.15, 0.2) is 60.7 Å². The first kappa shape index (κ1) is 19.5. The fraction of sp³-hybridized carbons (Fsp3) is 0.409. The van der Waals surface area contributed by atoms with Crippen LogP contribution in [0.25, 0.3) is 0 Å². The van der Waals surface area contributed by atoms with E-state index in [9.17, 15) is 9.90 Å². The van der Waals surface area contributed by atoms with Crippen molar-refractivity contribution in [3.05, 3.63) is 71.8 Å². The van der Waals surface area contributed by atoms with Crippen LogP contribution in [0.3, 0.4) is 0 Å². The first-order valence-corrected chi connectivity index (χ1v) is 9.37. The fourth-order valence-corrected chi connectivity index (χ4v) is 4.51. The molecule has 5 nitrogen and oxygen atoms in total.